The number of hydrogen-bond donors (Lipinski definition) is 2. The molecule has 0 fully saturated rings. The minimum Gasteiger partial charge on any atom is -0.368 e. The molecule has 0 aliphatic carbocycles. The summed E-state index contributed by atoms with van der Waals surface area (Å²) >= 11 is 3.05. The summed E-state index contributed by atoms with van der Waals surface area (Å²) < 4.78 is 1.67. The quantitative estimate of drug-likeness (QED) is 0.785. The Bertz CT molecular complexity index is 566. The van der Waals surface area contributed by atoms with Gasteiger partial charge in [0, 0.05) is 18.5 Å². The monoisotopic (exact) mass is 311 g/mol. The fourth-order valence-corrected chi connectivity index (χ4v) is 3.10. The maximum Gasteiger partial charge on any atom is 0.233 e. The standard InChI is InChI=1S/C12H17N5OS2/c1-8(20-12-16-15-11(13)17(12)2)10(18)14-6-5-9-4-3-7-19-9/h3-4,7-8H,5-6H2,1-2H3,(H2,13,15)(H,14,18)/t8-/m1/s1. The van der Waals surface area contributed by atoms with Crippen LogP contribution in [-0.2, 0) is 18.3 Å². The smallest absolute Gasteiger partial charge is 0.233 e. The molecule has 0 unspecified atom stereocenters. The molecule has 0 aliphatic rings. The first-order valence-electron chi connectivity index (χ1n) is 6.19. The number of nitrogen functional groups attached to an aromatic ring is 1. The molecule has 0 aliphatic heterocycles. The first-order valence-corrected chi connectivity index (χ1v) is 7.95. The van der Waals surface area contributed by atoms with Gasteiger partial charge in [0.25, 0.3) is 0 Å². The maximum absolute atomic E-state index is 12.0. The predicted molar refractivity (Wildman–Crippen MR) is 81.8 cm³/mol. The van der Waals surface area contributed by atoms with E-state index in [4.69, 9.17) is 5.73 Å². The molecule has 0 saturated carbocycles. The fraction of sp³-hybridized carbons (Fsp3) is 0.417. The lowest BCUT2D eigenvalue weighted by Crippen LogP contribution is -2.32. The van der Waals surface area contributed by atoms with Crippen molar-refractivity contribution in [2.45, 2.75) is 23.8 Å². The highest BCUT2D eigenvalue weighted by Crippen LogP contribution is 2.21. The van der Waals surface area contributed by atoms with Gasteiger partial charge in [-0.25, -0.2) is 0 Å². The van der Waals surface area contributed by atoms with Crippen LogP contribution in [0.25, 0.3) is 0 Å². The number of thioether (sulfide) groups is 1. The number of nitrogens with two attached hydrogens (primary N) is 1. The molecule has 1 amide bonds. The summed E-state index contributed by atoms with van der Waals surface area (Å²) in [6.45, 7) is 2.49. The first-order chi connectivity index (χ1) is 9.58. The van der Waals surface area contributed by atoms with Crippen LogP contribution in [0, 0.1) is 0 Å². The average molecular weight is 311 g/mol. The molecule has 2 rings (SSSR count). The van der Waals surface area contributed by atoms with E-state index in [9.17, 15) is 4.79 Å². The third kappa shape index (κ3) is 3.73. The Kier molecular flexibility index (Phi) is 5.02. The Morgan fingerprint density at radius 3 is 3.00 bits per heavy atom. The number of hydrogen-bond acceptors (Lipinski definition) is 6. The fourth-order valence-electron chi connectivity index (χ4n) is 1.55. The number of anilines is 1. The second-order valence-electron chi connectivity index (χ2n) is 4.28. The summed E-state index contributed by atoms with van der Waals surface area (Å²) in [5.41, 5.74) is 5.60. The van der Waals surface area contributed by atoms with E-state index in [1.54, 1.807) is 23.0 Å². The summed E-state index contributed by atoms with van der Waals surface area (Å²) in [7, 11) is 1.78. The van der Waals surface area contributed by atoms with Crippen molar-refractivity contribution >= 4 is 35.0 Å². The topological polar surface area (TPSA) is 85.8 Å². The molecule has 108 valence electrons. The van der Waals surface area contributed by atoms with Gasteiger partial charge >= 0.3 is 0 Å². The predicted octanol–water partition coefficient (Wildman–Crippen LogP) is 1.30. The van der Waals surface area contributed by atoms with Crippen molar-refractivity contribution in [3.63, 3.8) is 0 Å². The van der Waals surface area contributed by atoms with Gasteiger partial charge in [0.05, 0.1) is 5.25 Å². The maximum atomic E-state index is 12.0. The van der Waals surface area contributed by atoms with Crippen LogP contribution in [0.15, 0.2) is 22.7 Å². The van der Waals surface area contributed by atoms with E-state index in [1.165, 1.54) is 16.6 Å². The normalized spacial score (nSPS) is 12.3. The largest absolute Gasteiger partial charge is 0.368 e. The number of nitrogens with zero attached hydrogens (tertiary/aromatic N) is 3. The van der Waals surface area contributed by atoms with E-state index in [-0.39, 0.29) is 11.2 Å². The Morgan fingerprint density at radius 2 is 2.40 bits per heavy atom. The van der Waals surface area contributed by atoms with E-state index in [0.29, 0.717) is 17.6 Å². The highest BCUT2D eigenvalue weighted by atomic mass is 32.2. The van der Waals surface area contributed by atoms with Crippen molar-refractivity contribution in [3.05, 3.63) is 22.4 Å². The molecule has 1 atom stereocenters. The number of thiophene rings is 1. The SMILES string of the molecule is C[C@@H](Sc1nnc(N)n1C)C(=O)NCCc1cccs1. The van der Waals surface area contributed by atoms with Crippen LogP contribution in [0.2, 0.25) is 0 Å². The molecule has 2 heterocycles. The van der Waals surface area contributed by atoms with Gasteiger partial charge in [-0.05, 0) is 24.8 Å². The summed E-state index contributed by atoms with van der Waals surface area (Å²) in [5, 5.41) is 13.1. The van der Waals surface area contributed by atoms with Gasteiger partial charge in [-0.15, -0.1) is 21.5 Å². The minimum atomic E-state index is -0.236. The van der Waals surface area contributed by atoms with Crippen molar-refractivity contribution in [2.24, 2.45) is 7.05 Å². The van der Waals surface area contributed by atoms with Gasteiger partial charge in [0.15, 0.2) is 5.16 Å². The summed E-state index contributed by atoms with van der Waals surface area (Å²) in [4.78, 5) is 13.2. The molecule has 0 bridgehead atoms. The molecule has 8 heteroatoms. The third-order valence-corrected chi connectivity index (χ3v) is 4.84. The van der Waals surface area contributed by atoms with E-state index < -0.39 is 0 Å². The average Bonchev–Trinajstić information content (AvgIpc) is 3.04. The van der Waals surface area contributed by atoms with Gasteiger partial charge in [-0.1, -0.05) is 17.8 Å². The van der Waals surface area contributed by atoms with Gasteiger partial charge in [0.2, 0.25) is 11.9 Å². The zero-order valence-electron chi connectivity index (χ0n) is 11.4. The van der Waals surface area contributed by atoms with Crippen LogP contribution in [0.5, 0.6) is 0 Å². The second-order valence-corrected chi connectivity index (χ2v) is 6.62. The van der Waals surface area contributed by atoms with Crippen LogP contribution in [-0.4, -0.2) is 32.5 Å². The van der Waals surface area contributed by atoms with Gasteiger partial charge in [-0.2, -0.15) is 0 Å². The van der Waals surface area contributed by atoms with Crippen LogP contribution in [0.1, 0.15) is 11.8 Å². The van der Waals surface area contributed by atoms with Gasteiger partial charge < -0.3 is 11.1 Å². The summed E-state index contributed by atoms with van der Waals surface area (Å²) in [6.07, 6.45) is 0.859. The third-order valence-electron chi connectivity index (χ3n) is 2.77. The lowest BCUT2D eigenvalue weighted by molar-refractivity contribution is -0.120. The van der Waals surface area contributed by atoms with E-state index in [1.807, 2.05) is 18.4 Å². The highest BCUT2D eigenvalue weighted by Gasteiger charge is 2.17. The number of aromatic nitrogens is 3. The van der Waals surface area contributed by atoms with Gasteiger partial charge in [-0.3, -0.25) is 9.36 Å². The molecule has 3 N–H and O–H groups in total. The van der Waals surface area contributed by atoms with Crippen LogP contribution < -0.4 is 11.1 Å². The van der Waals surface area contributed by atoms with Crippen molar-refractivity contribution in [3.8, 4) is 0 Å². The molecule has 0 radical (unpaired) electrons. The molecule has 2 aromatic rings. The molecule has 0 spiro atoms. The molecule has 2 aromatic heterocycles. The Labute approximate surface area is 125 Å². The Morgan fingerprint density at radius 1 is 1.60 bits per heavy atom. The summed E-state index contributed by atoms with van der Waals surface area (Å²) in [6, 6.07) is 4.08. The number of amides is 1. The highest BCUT2D eigenvalue weighted by molar-refractivity contribution is 8.00. The Balaban J connectivity index is 1.78. The molecular weight excluding hydrogens is 294 g/mol. The zero-order chi connectivity index (χ0) is 14.5. The minimum absolute atomic E-state index is 0.00636. The lowest BCUT2D eigenvalue weighted by Gasteiger charge is -2.11. The van der Waals surface area contributed by atoms with Crippen LogP contribution in [0.4, 0.5) is 5.95 Å². The van der Waals surface area contributed by atoms with Crippen LogP contribution in [0.3, 0.4) is 0 Å². The first kappa shape index (κ1) is 14.9. The van der Waals surface area contributed by atoms with Crippen LogP contribution >= 0.6 is 23.1 Å². The molecule has 6 nitrogen and oxygen atoms in total. The Hall–Kier alpha value is -1.54. The van der Waals surface area contributed by atoms with E-state index in [2.05, 4.69) is 21.6 Å². The zero-order valence-corrected chi connectivity index (χ0v) is 13.0. The second kappa shape index (κ2) is 6.76. The van der Waals surface area contributed by atoms with Crippen molar-refractivity contribution in [2.75, 3.05) is 12.3 Å². The van der Waals surface area contributed by atoms with E-state index in [0.717, 1.165) is 6.42 Å². The molecule has 0 saturated heterocycles. The van der Waals surface area contributed by atoms with E-state index >= 15 is 0 Å². The number of nitrogens with one attached hydrogen (secondary N) is 1. The van der Waals surface area contributed by atoms with Crippen molar-refractivity contribution < 1.29 is 4.79 Å². The molecule has 0 aromatic carbocycles. The summed E-state index contributed by atoms with van der Waals surface area (Å²) in [5.74, 6) is 0.339. The lowest BCUT2D eigenvalue weighted by atomic mass is 10.3. The number of carbonyl (C=O) groups is 1. The molecular formula is C12H17N5OS2. The van der Waals surface area contributed by atoms with Gasteiger partial charge in [0.1, 0.15) is 0 Å². The van der Waals surface area contributed by atoms with Crippen molar-refractivity contribution in [1.29, 1.82) is 0 Å². The van der Waals surface area contributed by atoms with Crippen molar-refractivity contribution in [1.82, 2.24) is 20.1 Å². The number of rotatable bonds is 6. The molecule has 20 heavy (non-hydrogen) atoms. The number of carbonyl (C=O) groups excluding carboxylic acids is 1.